The Balaban J connectivity index is 2.40. The third kappa shape index (κ3) is 5.32. The largest absolute Gasteiger partial charge is 0.480 e. The highest BCUT2D eigenvalue weighted by Gasteiger charge is 2.21. The zero-order valence-corrected chi connectivity index (χ0v) is 11.6. The molecule has 0 aromatic heterocycles. The molecule has 1 unspecified atom stereocenters. The minimum atomic E-state index is -2.89. The number of carboxylic acid groups (broad SMARTS) is 1. The van der Waals surface area contributed by atoms with E-state index >= 15 is 0 Å². The number of nitrogens with zero attached hydrogens (tertiary/aromatic N) is 1. The van der Waals surface area contributed by atoms with Crippen LogP contribution in [-0.4, -0.2) is 68.1 Å². The smallest absolute Gasteiger partial charge is 0.320 e. The van der Waals surface area contributed by atoms with Gasteiger partial charge in [0.2, 0.25) is 0 Å². The van der Waals surface area contributed by atoms with Crippen molar-refractivity contribution in [1.29, 1.82) is 0 Å². The van der Waals surface area contributed by atoms with Crippen molar-refractivity contribution >= 4 is 15.8 Å². The van der Waals surface area contributed by atoms with Crippen LogP contribution in [0.4, 0.5) is 0 Å². The van der Waals surface area contributed by atoms with Gasteiger partial charge in [0.1, 0.15) is 6.04 Å². The van der Waals surface area contributed by atoms with Gasteiger partial charge < -0.3 is 15.3 Å². The van der Waals surface area contributed by atoms with Gasteiger partial charge in [-0.1, -0.05) is 6.92 Å². The van der Waals surface area contributed by atoms with Crippen molar-refractivity contribution in [2.75, 3.05) is 37.7 Å². The lowest BCUT2D eigenvalue weighted by Gasteiger charge is -2.21. The summed E-state index contributed by atoms with van der Waals surface area (Å²) < 4.78 is 22.9. The molecule has 1 rings (SSSR count). The molecule has 0 aromatic carbocycles. The molecule has 0 saturated carbocycles. The summed E-state index contributed by atoms with van der Waals surface area (Å²) in [7, 11) is -2.89. The Morgan fingerprint density at radius 2 is 2.11 bits per heavy atom. The second kappa shape index (κ2) is 7.06. The van der Waals surface area contributed by atoms with Gasteiger partial charge in [-0.2, -0.15) is 0 Å². The topological polar surface area (TPSA) is 86.7 Å². The summed E-state index contributed by atoms with van der Waals surface area (Å²) in [4.78, 5) is 13.0. The van der Waals surface area contributed by atoms with Crippen LogP contribution in [-0.2, 0) is 14.6 Å². The predicted octanol–water partition coefficient (Wildman–Crippen LogP) is -0.440. The molecule has 1 saturated heterocycles. The van der Waals surface area contributed by atoms with E-state index in [4.69, 9.17) is 5.11 Å². The molecule has 1 atom stereocenters. The normalized spacial score (nSPS) is 22.3. The summed E-state index contributed by atoms with van der Waals surface area (Å²) in [5.41, 5.74) is 0. The first-order valence-electron chi connectivity index (χ1n) is 6.33. The lowest BCUT2D eigenvalue weighted by molar-refractivity contribution is -0.139. The number of carbonyl (C=O) groups is 1. The van der Waals surface area contributed by atoms with Gasteiger partial charge in [-0.05, 0) is 25.9 Å². The number of likely N-dealkylation sites (N-methyl/N-ethyl adjacent to an activating group) is 1. The molecule has 0 bridgehead atoms. The highest BCUT2D eigenvalue weighted by atomic mass is 32.2. The molecule has 0 spiro atoms. The van der Waals surface area contributed by atoms with Gasteiger partial charge in [-0.25, -0.2) is 8.42 Å². The second-order valence-corrected chi connectivity index (χ2v) is 6.89. The van der Waals surface area contributed by atoms with E-state index in [0.29, 0.717) is 32.5 Å². The van der Waals surface area contributed by atoms with Crippen LogP contribution in [0.25, 0.3) is 0 Å². The third-order valence-electron chi connectivity index (χ3n) is 3.13. The van der Waals surface area contributed by atoms with Crippen molar-refractivity contribution in [2.24, 2.45) is 0 Å². The van der Waals surface area contributed by atoms with Crippen LogP contribution < -0.4 is 5.32 Å². The maximum absolute atomic E-state index is 11.4. The summed E-state index contributed by atoms with van der Waals surface area (Å²) in [5, 5.41) is 11.9. The predicted molar refractivity (Wildman–Crippen MR) is 69.4 cm³/mol. The number of aliphatic carboxylic acids is 1. The van der Waals surface area contributed by atoms with Gasteiger partial charge in [-0.15, -0.1) is 0 Å². The summed E-state index contributed by atoms with van der Waals surface area (Å²) in [6.07, 6.45) is 1.14. The van der Waals surface area contributed by atoms with Crippen LogP contribution >= 0.6 is 0 Å². The van der Waals surface area contributed by atoms with Crippen molar-refractivity contribution < 1.29 is 18.3 Å². The van der Waals surface area contributed by atoms with Crippen molar-refractivity contribution in [3.8, 4) is 0 Å². The van der Waals surface area contributed by atoms with Crippen LogP contribution in [0.2, 0.25) is 0 Å². The molecule has 1 fully saturated rings. The highest BCUT2D eigenvalue weighted by Crippen LogP contribution is 2.06. The molecular formula is C11H22N2O4S. The average Bonchev–Trinajstić information content (AvgIpc) is 2.45. The average molecular weight is 278 g/mol. The Morgan fingerprint density at radius 1 is 1.39 bits per heavy atom. The van der Waals surface area contributed by atoms with Gasteiger partial charge in [0, 0.05) is 13.1 Å². The summed E-state index contributed by atoms with van der Waals surface area (Å²) in [6, 6.07) is -0.546. The Hall–Kier alpha value is -0.660. The number of sulfone groups is 1. The first-order chi connectivity index (χ1) is 8.44. The molecule has 1 heterocycles. The van der Waals surface area contributed by atoms with Gasteiger partial charge in [-0.3, -0.25) is 4.79 Å². The van der Waals surface area contributed by atoms with Crippen LogP contribution in [0.15, 0.2) is 0 Å². The maximum atomic E-state index is 11.4. The Bertz CT molecular complexity index is 369. The van der Waals surface area contributed by atoms with Crippen LogP contribution in [0, 0.1) is 0 Å². The van der Waals surface area contributed by atoms with Gasteiger partial charge in [0.15, 0.2) is 9.84 Å². The molecule has 106 valence electrons. The first-order valence-corrected chi connectivity index (χ1v) is 8.15. The fourth-order valence-corrected chi connectivity index (χ4v) is 3.39. The van der Waals surface area contributed by atoms with Crippen LogP contribution in [0.3, 0.4) is 0 Å². The Kier molecular flexibility index (Phi) is 6.04. The minimum Gasteiger partial charge on any atom is -0.480 e. The molecule has 6 nitrogen and oxygen atoms in total. The van der Waals surface area contributed by atoms with Gasteiger partial charge in [0.05, 0.1) is 11.5 Å². The number of hydrogen-bond donors (Lipinski definition) is 2. The Labute approximate surface area is 108 Å². The molecule has 18 heavy (non-hydrogen) atoms. The number of rotatable bonds is 6. The third-order valence-corrected chi connectivity index (χ3v) is 4.85. The molecule has 1 aliphatic heterocycles. The summed E-state index contributed by atoms with van der Waals surface area (Å²) in [6.45, 7) is 4.36. The maximum Gasteiger partial charge on any atom is 0.320 e. The molecule has 7 heteroatoms. The summed E-state index contributed by atoms with van der Waals surface area (Å²) >= 11 is 0. The summed E-state index contributed by atoms with van der Waals surface area (Å²) in [5.74, 6) is -0.412. The van der Waals surface area contributed by atoms with Crippen molar-refractivity contribution in [1.82, 2.24) is 10.2 Å². The molecule has 0 aliphatic carbocycles. The second-order valence-electron chi connectivity index (χ2n) is 4.58. The van der Waals surface area contributed by atoms with E-state index in [1.165, 1.54) is 0 Å². The van der Waals surface area contributed by atoms with Crippen molar-refractivity contribution in [2.45, 2.75) is 25.8 Å². The van der Waals surface area contributed by atoms with E-state index in [1.54, 1.807) is 0 Å². The van der Waals surface area contributed by atoms with Gasteiger partial charge in [0.25, 0.3) is 0 Å². The SMILES string of the molecule is CCNC(CCN1CCCS(=O)(=O)CC1)C(=O)O. The highest BCUT2D eigenvalue weighted by molar-refractivity contribution is 7.91. The van der Waals surface area contributed by atoms with Gasteiger partial charge >= 0.3 is 5.97 Å². The molecule has 0 aromatic rings. The Morgan fingerprint density at radius 3 is 2.72 bits per heavy atom. The van der Waals surface area contributed by atoms with Crippen LogP contribution in [0.1, 0.15) is 19.8 Å². The lowest BCUT2D eigenvalue weighted by Crippen LogP contribution is -2.40. The minimum absolute atomic E-state index is 0.186. The fourth-order valence-electron chi connectivity index (χ4n) is 2.08. The number of hydrogen-bond acceptors (Lipinski definition) is 5. The zero-order valence-electron chi connectivity index (χ0n) is 10.8. The lowest BCUT2D eigenvalue weighted by atomic mass is 10.2. The van der Waals surface area contributed by atoms with E-state index in [9.17, 15) is 13.2 Å². The standard InChI is InChI=1S/C11H22N2O4S/c1-2-12-10(11(14)15)4-6-13-5-3-8-18(16,17)9-7-13/h10,12H,2-9H2,1H3,(H,14,15). The van der Waals surface area contributed by atoms with Crippen molar-refractivity contribution in [3.63, 3.8) is 0 Å². The van der Waals surface area contributed by atoms with E-state index < -0.39 is 21.8 Å². The van der Waals surface area contributed by atoms with E-state index in [2.05, 4.69) is 5.32 Å². The van der Waals surface area contributed by atoms with Crippen molar-refractivity contribution in [3.05, 3.63) is 0 Å². The van der Waals surface area contributed by atoms with Crippen LogP contribution in [0.5, 0.6) is 0 Å². The van der Waals surface area contributed by atoms with E-state index in [1.807, 2.05) is 11.8 Å². The monoisotopic (exact) mass is 278 g/mol. The molecule has 0 amide bonds. The quantitative estimate of drug-likeness (QED) is 0.685. The molecule has 0 radical (unpaired) electrons. The molecule has 1 aliphatic rings. The molecular weight excluding hydrogens is 256 g/mol. The van der Waals surface area contributed by atoms with E-state index in [0.717, 1.165) is 6.54 Å². The number of nitrogens with one attached hydrogen (secondary N) is 1. The zero-order chi connectivity index (χ0) is 13.6. The molecule has 2 N–H and O–H groups in total. The first kappa shape index (κ1) is 15.4. The number of carboxylic acids is 1. The fraction of sp³-hybridized carbons (Fsp3) is 0.909. The van der Waals surface area contributed by atoms with E-state index in [-0.39, 0.29) is 11.5 Å².